The lowest BCUT2D eigenvalue weighted by Crippen LogP contribution is -2.23. The van der Waals surface area contributed by atoms with Crippen molar-refractivity contribution >= 4 is 37.7 Å². The lowest BCUT2D eigenvalue weighted by Gasteiger charge is -2.06. The van der Waals surface area contributed by atoms with Crippen molar-refractivity contribution in [3.8, 4) is 11.4 Å². The summed E-state index contributed by atoms with van der Waals surface area (Å²) in [5, 5.41) is 30.5. The molecule has 0 bridgehead atoms. The maximum atomic E-state index is 9.59. The molecule has 0 aliphatic rings. The van der Waals surface area contributed by atoms with E-state index in [9.17, 15) is 5.21 Å². The van der Waals surface area contributed by atoms with E-state index in [2.05, 4.69) is 40.1 Å². The Kier molecular flexibility index (Phi) is 7.77. The number of nitrogens with zero attached hydrogens (tertiary/aromatic N) is 7. The van der Waals surface area contributed by atoms with Gasteiger partial charge in [-0.3, -0.25) is 10.7 Å². The molecule has 0 aliphatic heterocycles. The Labute approximate surface area is 185 Å². The Morgan fingerprint density at radius 3 is 2.68 bits per heavy atom. The van der Waals surface area contributed by atoms with Gasteiger partial charge < -0.3 is 0 Å². The normalized spacial score (nSPS) is 11.1. The van der Waals surface area contributed by atoms with Crippen molar-refractivity contribution in [3.63, 3.8) is 0 Å². The standard InChI is InChI=1S/C17H14ClN8O2P.C2H6/c18-12-8-11(6-7-14(12)29)19-16(21-27)15-13(22-28-23-15)9-26-17(20-24-25-26)10-4-2-1-3-5-10;1-2/h1-8,27H,9,29H2,(H,19,21);1-2H3. The number of amidine groups is 1. The second kappa shape index (κ2) is 10.7. The summed E-state index contributed by atoms with van der Waals surface area (Å²) in [5.74, 6) is 0.598. The predicted octanol–water partition coefficient (Wildman–Crippen LogP) is 3.01. The number of aromatic nitrogens is 6. The predicted molar refractivity (Wildman–Crippen MR) is 120 cm³/mol. The topological polar surface area (TPSA) is 127 Å². The largest absolute Gasteiger partial charge is 0.290 e. The minimum Gasteiger partial charge on any atom is -0.290 e. The molecule has 4 rings (SSSR count). The van der Waals surface area contributed by atoms with Crippen molar-refractivity contribution in [3.05, 3.63) is 64.9 Å². The van der Waals surface area contributed by atoms with Crippen molar-refractivity contribution in [1.29, 1.82) is 0 Å². The fourth-order valence-electron chi connectivity index (χ4n) is 2.58. The number of rotatable bonds is 5. The minimum atomic E-state index is 0.0446. The highest BCUT2D eigenvalue weighted by atomic mass is 35.5. The first-order valence-corrected chi connectivity index (χ1v) is 10.3. The van der Waals surface area contributed by atoms with Crippen molar-refractivity contribution < 1.29 is 9.84 Å². The lowest BCUT2D eigenvalue weighted by atomic mass is 10.2. The first-order valence-electron chi connectivity index (χ1n) is 9.33. The molecule has 0 amide bonds. The maximum Gasteiger partial charge on any atom is 0.182 e. The van der Waals surface area contributed by atoms with E-state index in [0.29, 0.717) is 22.2 Å². The van der Waals surface area contributed by atoms with Gasteiger partial charge in [-0.15, -0.1) is 14.3 Å². The highest BCUT2D eigenvalue weighted by Crippen LogP contribution is 2.20. The van der Waals surface area contributed by atoms with Crippen LogP contribution in [0, 0.1) is 0 Å². The smallest absolute Gasteiger partial charge is 0.182 e. The Balaban J connectivity index is 0.00000132. The molecule has 2 N–H and O–H groups in total. The molecule has 0 spiro atoms. The van der Waals surface area contributed by atoms with Crippen LogP contribution in [-0.4, -0.2) is 41.6 Å². The Morgan fingerprint density at radius 2 is 1.97 bits per heavy atom. The van der Waals surface area contributed by atoms with Crippen LogP contribution in [0.1, 0.15) is 25.2 Å². The third kappa shape index (κ3) is 5.29. The summed E-state index contributed by atoms with van der Waals surface area (Å²) < 4.78 is 6.41. The number of halogens is 1. The van der Waals surface area contributed by atoms with Gasteiger partial charge in [0, 0.05) is 10.6 Å². The third-order valence-electron chi connectivity index (χ3n) is 3.98. The first kappa shape index (κ1) is 22.5. The van der Waals surface area contributed by atoms with Crippen molar-refractivity contribution in [2.45, 2.75) is 20.4 Å². The summed E-state index contributed by atoms with van der Waals surface area (Å²) in [5.41, 5.74) is 3.98. The number of aliphatic imine (C=N–C) groups is 1. The van der Waals surface area contributed by atoms with Crippen LogP contribution in [0.25, 0.3) is 11.4 Å². The zero-order valence-corrected chi connectivity index (χ0v) is 18.7. The average molecular weight is 459 g/mol. The second-order valence-electron chi connectivity index (χ2n) is 5.86. The van der Waals surface area contributed by atoms with E-state index >= 15 is 0 Å². The van der Waals surface area contributed by atoms with E-state index in [0.717, 1.165) is 10.9 Å². The third-order valence-corrected chi connectivity index (χ3v) is 4.99. The number of hydrogen-bond donors (Lipinski definition) is 2. The molecule has 0 saturated heterocycles. The summed E-state index contributed by atoms with van der Waals surface area (Å²) in [7, 11) is 2.52. The summed E-state index contributed by atoms with van der Waals surface area (Å²) in [6.45, 7) is 4.15. The Morgan fingerprint density at radius 1 is 1.19 bits per heavy atom. The number of benzene rings is 2. The van der Waals surface area contributed by atoms with Gasteiger partial charge in [0.2, 0.25) is 0 Å². The molecule has 31 heavy (non-hydrogen) atoms. The van der Waals surface area contributed by atoms with Crippen molar-refractivity contribution in [2.75, 3.05) is 0 Å². The molecule has 2 aromatic heterocycles. The number of hydrogen-bond acceptors (Lipinski definition) is 8. The highest BCUT2D eigenvalue weighted by Gasteiger charge is 2.19. The molecule has 0 saturated carbocycles. The van der Waals surface area contributed by atoms with Crippen LogP contribution in [0.5, 0.6) is 0 Å². The van der Waals surface area contributed by atoms with Gasteiger partial charge in [-0.25, -0.2) is 14.3 Å². The summed E-state index contributed by atoms with van der Waals surface area (Å²) in [4.78, 5) is 4.33. The van der Waals surface area contributed by atoms with Crippen LogP contribution >= 0.6 is 20.8 Å². The molecule has 0 radical (unpaired) electrons. The molecule has 4 aromatic rings. The van der Waals surface area contributed by atoms with E-state index in [1.807, 2.05) is 49.7 Å². The van der Waals surface area contributed by atoms with E-state index in [4.69, 9.17) is 16.2 Å². The molecular weight excluding hydrogens is 439 g/mol. The van der Waals surface area contributed by atoms with Crippen LogP contribution in [0.15, 0.2) is 58.2 Å². The second-order valence-corrected chi connectivity index (χ2v) is 6.89. The summed E-state index contributed by atoms with van der Waals surface area (Å²) in [6, 6.07) is 14.7. The zero-order chi connectivity index (χ0) is 22.2. The number of hydroxylamine groups is 1. The Hall–Kier alpha value is -3.20. The molecule has 0 fully saturated rings. The monoisotopic (exact) mass is 458 g/mol. The van der Waals surface area contributed by atoms with Gasteiger partial charge in [0.1, 0.15) is 5.69 Å². The fraction of sp³-hybridized carbons (Fsp3) is 0.158. The molecule has 0 aliphatic carbocycles. The zero-order valence-electron chi connectivity index (χ0n) is 16.8. The molecule has 10 nitrogen and oxygen atoms in total. The van der Waals surface area contributed by atoms with Gasteiger partial charge >= 0.3 is 0 Å². The summed E-state index contributed by atoms with van der Waals surface area (Å²) >= 11 is 6.12. The van der Waals surface area contributed by atoms with Crippen LogP contribution in [0.4, 0.5) is 5.69 Å². The van der Waals surface area contributed by atoms with Gasteiger partial charge in [0.15, 0.2) is 17.4 Å². The average Bonchev–Trinajstić information content (AvgIpc) is 3.46. The van der Waals surface area contributed by atoms with E-state index in [1.165, 1.54) is 0 Å². The highest BCUT2D eigenvalue weighted by molar-refractivity contribution is 7.28. The van der Waals surface area contributed by atoms with Crippen molar-refractivity contribution in [1.82, 2.24) is 36.0 Å². The summed E-state index contributed by atoms with van der Waals surface area (Å²) in [6.07, 6.45) is 0. The molecule has 1 unspecified atom stereocenters. The van der Waals surface area contributed by atoms with E-state index < -0.39 is 0 Å². The van der Waals surface area contributed by atoms with Gasteiger partial charge in [0.25, 0.3) is 0 Å². The Bertz CT molecular complexity index is 1160. The maximum absolute atomic E-state index is 9.59. The lowest BCUT2D eigenvalue weighted by molar-refractivity contribution is 0.234. The van der Waals surface area contributed by atoms with Crippen LogP contribution < -0.4 is 10.8 Å². The molecule has 12 heteroatoms. The minimum absolute atomic E-state index is 0.0446. The van der Waals surface area contributed by atoms with E-state index in [1.54, 1.807) is 22.9 Å². The van der Waals surface area contributed by atoms with Gasteiger partial charge in [-0.2, -0.15) is 0 Å². The molecule has 160 valence electrons. The SMILES string of the molecule is CC.ONC(=Nc1ccc(P)c(Cl)c1)c1nonc1Cn1nnnc1-c1ccccc1. The number of nitrogens with one attached hydrogen (secondary N) is 1. The van der Waals surface area contributed by atoms with Crippen molar-refractivity contribution in [2.24, 2.45) is 4.99 Å². The van der Waals surface area contributed by atoms with E-state index in [-0.39, 0.29) is 18.1 Å². The van der Waals surface area contributed by atoms with Gasteiger partial charge in [-0.05, 0) is 33.0 Å². The molecular formula is C19H20ClN8O2P. The van der Waals surface area contributed by atoms with Crippen LogP contribution in [-0.2, 0) is 6.54 Å². The molecule has 2 heterocycles. The van der Waals surface area contributed by atoms with Crippen LogP contribution in [0.2, 0.25) is 5.02 Å². The van der Waals surface area contributed by atoms with Gasteiger partial charge in [-0.1, -0.05) is 67.0 Å². The fourth-order valence-corrected chi connectivity index (χ4v) is 2.94. The first-order chi connectivity index (χ1) is 15.2. The van der Waals surface area contributed by atoms with Crippen LogP contribution in [0.3, 0.4) is 0 Å². The quantitative estimate of drug-likeness (QED) is 0.202. The molecule has 1 atom stereocenters. The number of tetrazole rings is 1. The molecule has 2 aromatic carbocycles. The van der Waals surface area contributed by atoms with Gasteiger partial charge in [0.05, 0.1) is 12.2 Å².